The molecule has 0 aromatic heterocycles. The van der Waals surface area contributed by atoms with Crippen LogP contribution in [0.3, 0.4) is 0 Å². The zero-order chi connectivity index (χ0) is 17.0. The van der Waals surface area contributed by atoms with Gasteiger partial charge in [-0.15, -0.1) is 0 Å². The van der Waals surface area contributed by atoms with Gasteiger partial charge in [0.15, 0.2) is 11.6 Å². The fourth-order valence-electron chi connectivity index (χ4n) is 1.74. The molecule has 0 aliphatic heterocycles. The van der Waals surface area contributed by atoms with Gasteiger partial charge in [-0.1, -0.05) is 18.2 Å². The Hall–Kier alpha value is -2.90. The van der Waals surface area contributed by atoms with Crippen molar-refractivity contribution in [2.24, 2.45) is 0 Å². The summed E-state index contributed by atoms with van der Waals surface area (Å²) >= 11 is 0. The van der Waals surface area contributed by atoms with Crippen molar-refractivity contribution in [3.8, 4) is 0 Å². The number of carbonyl (C=O) groups is 2. The highest BCUT2D eigenvalue weighted by Crippen LogP contribution is 2.24. The second kappa shape index (κ2) is 6.91. The van der Waals surface area contributed by atoms with E-state index in [-0.39, 0.29) is 11.3 Å². The zero-order valence-electron chi connectivity index (χ0n) is 11.4. The minimum Gasteiger partial charge on any atom is -0.322 e. The summed E-state index contributed by atoms with van der Waals surface area (Å²) in [6, 6.07) is 9.34. The van der Waals surface area contributed by atoms with E-state index in [4.69, 9.17) is 0 Å². The summed E-state index contributed by atoms with van der Waals surface area (Å²) < 4.78 is 51.7. The fraction of sp³-hybridized carbons (Fsp3) is 0.0667. The molecule has 120 valence electrons. The van der Waals surface area contributed by atoms with Crippen LogP contribution in [0.4, 0.5) is 28.9 Å². The third-order valence-corrected chi connectivity index (χ3v) is 2.78. The van der Waals surface area contributed by atoms with Crippen LogP contribution in [-0.4, -0.2) is 18.2 Å². The molecule has 0 aliphatic rings. The molecule has 2 N–H and O–H groups in total. The first-order valence-electron chi connectivity index (χ1n) is 6.33. The summed E-state index contributed by atoms with van der Waals surface area (Å²) in [6.45, 7) is 0. The lowest BCUT2D eigenvalue weighted by molar-refractivity contribution is -0.126. The van der Waals surface area contributed by atoms with Crippen molar-refractivity contribution < 1.29 is 27.2 Å². The number of hydrogen-bond donors (Lipinski definition) is 2. The van der Waals surface area contributed by atoms with Gasteiger partial charge in [-0.3, -0.25) is 9.59 Å². The Bertz CT molecular complexity index is 713. The normalized spacial score (nSPS) is 10.5. The maximum absolute atomic E-state index is 13.7. The van der Waals surface area contributed by atoms with Gasteiger partial charge in [0.2, 0.25) is 0 Å². The predicted molar refractivity (Wildman–Crippen MR) is 75.4 cm³/mol. The first kappa shape index (κ1) is 16.5. The van der Waals surface area contributed by atoms with E-state index in [1.807, 2.05) is 0 Å². The van der Waals surface area contributed by atoms with Crippen LogP contribution >= 0.6 is 0 Å². The molecule has 2 aromatic rings. The average Bonchev–Trinajstić information content (AvgIpc) is 2.51. The van der Waals surface area contributed by atoms with Gasteiger partial charge in [0.05, 0.1) is 0 Å². The molecule has 0 radical (unpaired) electrons. The van der Waals surface area contributed by atoms with Crippen LogP contribution in [-0.2, 0) is 4.79 Å². The molecular weight excluding hydrogens is 316 g/mol. The van der Waals surface area contributed by atoms with E-state index in [0.717, 1.165) is 0 Å². The summed E-state index contributed by atoms with van der Waals surface area (Å²) in [7, 11) is 0. The maximum atomic E-state index is 13.7. The molecule has 2 aromatic carbocycles. The number of anilines is 2. The van der Waals surface area contributed by atoms with Gasteiger partial charge in [0.25, 0.3) is 11.8 Å². The molecule has 0 atom stereocenters. The second-order valence-corrected chi connectivity index (χ2v) is 4.42. The van der Waals surface area contributed by atoms with E-state index in [2.05, 4.69) is 5.32 Å². The summed E-state index contributed by atoms with van der Waals surface area (Å²) in [6.07, 6.45) is -3.41. The molecule has 4 nitrogen and oxygen atoms in total. The molecule has 0 saturated carbocycles. The lowest BCUT2D eigenvalue weighted by atomic mass is 10.2. The van der Waals surface area contributed by atoms with Gasteiger partial charge >= 0.3 is 6.43 Å². The Morgan fingerprint density at radius 2 is 1.48 bits per heavy atom. The van der Waals surface area contributed by atoms with Gasteiger partial charge < -0.3 is 10.6 Å². The van der Waals surface area contributed by atoms with Crippen LogP contribution in [0.25, 0.3) is 0 Å². The minimum atomic E-state index is -3.41. The van der Waals surface area contributed by atoms with E-state index in [9.17, 15) is 27.2 Å². The standard InChI is InChI=1S/C15H10F4N2O2/c16-10-6-9(20-14(22)8-4-2-1-3-5-8)7-11(17)12(10)21-15(23)13(18)19/h1-7,13H,(H,20,22)(H,21,23). The van der Waals surface area contributed by atoms with Gasteiger partial charge in [0.1, 0.15) is 5.69 Å². The number of carbonyl (C=O) groups excluding carboxylic acids is 2. The van der Waals surface area contributed by atoms with Crippen LogP contribution in [0.5, 0.6) is 0 Å². The monoisotopic (exact) mass is 326 g/mol. The molecule has 0 saturated heterocycles. The van der Waals surface area contributed by atoms with Crippen LogP contribution in [0.1, 0.15) is 10.4 Å². The molecule has 0 fully saturated rings. The average molecular weight is 326 g/mol. The Balaban J connectivity index is 2.19. The van der Waals surface area contributed by atoms with Gasteiger partial charge in [-0.2, -0.15) is 8.78 Å². The van der Waals surface area contributed by atoms with E-state index < -0.39 is 35.6 Å². The van der Waals surface area contributed by atoms with Crippen LogP contribution in [0.2, 0.25) is 0 Å². The number of rotatable bonds is 4. The van der Waals surface area contributed by atoms with E-state index >= 15 is 0 Å². The number of nitrogens with one attached hydrogen (secondary N) is 2. The molecule has 2 amide bonds. The fourth-order valence-corrected chi connectivity index (χ4v) is 1.74. The largest absolute Gasteiger partial charge is 0.322 e. The summed E-state index contributed by atoms with van der Waals surface area (Å²) in [5.41, 5.74) is -0.958. The molecule has 0 unspecified atom stereocenters. The minimum absolute atomic E-state index is 0.219. The number of benzene rings is 2. The number of hydrogen-bond acceptors (Lipinski definition) is 2. The van der Waals surface area contributed by atoms with Crippen molar-refractivity contribution >= 4 is 23.2 Å². The topological polar surface area (TPSA) is 58.2 Å². The third-order valence-electron chi connectivity index (χ3n) is 2.78. The highest BCUT2D eigenvalue weighted by Gasteiger charge is 2.20. The third kappa shape index (κ3) is 4.06. The van der Waals surface area contributed by atoms with Crippen molar-refractivity contribution in [1.82, 2.24) is 0 Å². The quantitative estimate of drug-likeness (QED) is 0.846. The Kier molecular flexibility index (Phi) is 4.95. The number of halogens is 4. The second-order valence-electron chi connectivity index (χ2n) is 4.42. The SMILES string of the molecule is O=C(Nc1cc(F)c(NC(=O)C(F)F)c(F)c1)c1ccccc1. The van der Waals surface area contributed by atoms with Gasteiger partial charge in [0, 0.05) is 11.3 Å². The molecule has 0 bridgehead atoms. The number of alkyl halides is 2. The van der Waals surface area contributed by atoms with Crippen molar-refractivity contribution in [3.63, 3.8) is 0 Å². The van der Waals surface area contributed by atoms with Gasteiger partial charge in [-0.25, -0.2) is 8.78 Å². The molecular formula is C15H10F4N2O2. The molecule has 2 rings (SSSR count). The van der Waals surface area contributed by atoms with Crippen LogP contribution < -0.4 is 10.6 Å². The predicted octanol–water partition coefficient (Wildman–Crippen LogP) is 3.42. The molecule has 0 heterocycles. The van der Waals surface area contributed by atoms with Gasteiger partial charge in [-0.05, 0) is 24.3 Å². The molecule has 0 aliphatic carbocycles. The van der Waals surface area contributed by atoms with E-state index in [1.54, 1.807) is 18.2 Å². The first-order valence-corrected chi connectivity index (χ1v) is 6.33. The lowest BCUT2D eigenvalue weighted by Crippen LogP contribution is -2.22. The van der Waals surface area contributed by atoms with Crippen molar-refractivity contribution in [1.29, 1.82) is 0 Å². The Morgan fingerprint density at radius 3 is 2.00 bits per heavy atom. The zero-order valence-corrected chi connectivity index (χ0v) is 11.4. The van der Waals surface area contributed by atoms with Crippen LogP contribution in [0, 0.1) is 11.6 Å². The summed E-state index contributed by atoms with van der Waals surface area (Å²) in [5, 5.41) is 3.70. The highest BCUT2D eigenvalue weighted by atomic mass is 19.3. The Labute approximate surface area is 128 Å². The molecule has 23 heavy (non-hydrogen) atoms. The smallest absolute Gasteiger partial charge is 0.315 e. The Morgan fingerprint density at radius 1 is 0.913 bits per heavy atom. The van der Waals surface area contributed by atoms with E-state index in [0.29, 0.717) is 12.1 Å². The maximum Gasteiger partial charge on any atom is 0.315 e. The van der Waals surface area contributed by atoms with Crippen molar-refractivity contribution in [3.05, 3.63) is 59.7 Å². The molecule has 0 spiro atoms. The summed E-state index contributed by atoms with van der Waals surface area (Å²) in [4.78, 5) is 22.7. The molecule has 8 heteroatoms. The van der Waals surface area contributed by atoms with Crippen LogP contribution in [0.15, 0.2) is 42.5 Å². The lowest BCUT2D eigenvalue weighted by Gasteiger charge is -2.10. The van der Waals surface area contributed by atoms with Crippen molar-refractivity contribution in [2.75, 3.05) is 10.6 Å². The van der Waals surface area contributed by atoms with Crippen molar-refractivity contribution in [2.45, 2.75) is 6.43 Å². The number of amides is 2. The summed E-state index contributed by atoms with van der Waals surface area (Å²) in [5.74, 6) is -5.01. The first-order chi connectivity index (χ1) is 10.9. The van der Waals surface area contributed by atoms with E-state index in [1.165, 1.54) is 17.4 Å². The highest BCUT2D eigenvalue weighted by molar-refractivity contribution is 6.04.